The van der Waals surface area contributed by atoms with Crippen molar-refractivity contribution in [2.75, 3.05) is 13.1 Å². The normalized spacial score (nSPS) is 16.5. The Kier molecular flexibility index (Phi) is 6.26. The van der Waals surface area contributed by atoms with Crippen LogP contribution in [0, 0.1) is 5.92 Å². The van der Waals surface area contributed by atoms with Crippen LogP contribution >= 0.6 is 11.6 Å². The maximum atomic E-state index is 12.6. The van der Waals surface area contributed by atoms with Crippen LogP contribution in [-0.2, 0) is 19.7 Å². The largest absolute Gasteiger partial charge is 0.338 e. The van der Waals surface area contributed by atoms with E-state index in [1.165, 1.54) is 22.7 Å². The van der Waals surface area contributed by atoms with Crippen molar-refractivity contribution >= 4 is 33.8 Å². The number of nitrogens with zero attached hydrogens (tertiary/aromatic N) is 2. The molecular weight excluding hydrogens is 388 g/mol. The molecule has 0 aliphatic carbocycles. The minimum absolute atomic E-state index is 0.195. The third-order valence-corrected chi connectivity index (χ3v) is 6.55. The van der Waals surface area contributed by atoms with E-state index in [0.29, 0.717) is 17.9 Å². The molecule has 1 aliphatic heterocycles. The highest BCUT2D eigenvalue weighted by atomic mass is 35.5. The average Bonchev–Trinajstić information content (AvgIpc) is 2.69. The Balaban J connectivity index is 1.54. The molecule has 0 aromatic heterocycles. The molecule has 1 heterocycles. The van der Waals surface area contributed by atoms with Gasteiger partial charge >= 0.3 is 5.97 Å². The maximum absolute atomic E-state index is 12.6. The fourth-order valence-corrected chi connectivity index (χ4v) is 4.44. The van der Waals surface area contributed by atoms with E-state index in [0.717, 1.165) is 5.56 Å². The maximum Gasteiger partial charge on any atom is 0.338 e. The molecule has 0 amide bonds. The lowest BCUT2D eigenvalue weighted by Crippen LogP contribution is -2.40. The molecule has 6 nitrogen and oxygen atoms in total. The number of halogens is 1. The Bertz CT molecular complexity index is 906. The van der Waals surface area contributed by atoms with Crippen molar-refractivity contribution in [1.29, 1.82) is 0 Å². The molecule has 0 atom stereocenters. The second-order valence-electron chi connectivity index (χ2n) is 6.19. The first kappa shape index (κ1) is 19.5. The number of rotatable bonds is 5. The Morgan fingerprint density at radius 3 is 2.33 bits per heavy atom. The zero-order valence-electron chi connectivity index (χ0n) is 14.5. The predicted octanol–water partition coefficient (Wildman–Crippen LogP) is 3.32. The molecule has 3 rings (SSSR count). The van der Waals surface area contributed by atoms with Gasteiger partial charge in [0.15, 0.2) is 0 Å². The number of carbonyl (C=O) groups excluding carboxylic acids is 1. The van der Waals surface area contributed by atoms with Crippen LogP contribution in [0.4, 0.5) is 0 Å². The van der Waals surface area contributed by atoms with E-state index < -0.39 is 16.0 Å². The molecule has 1 saturated heterocycles. The second kappa shape index (κ2) is 8.65. The smallest absolute Gasteiger partial charge is 0.318 e. The van der Waals surface area contributed by atoms with Gasteiger partial charge in [0.25, 0.3) is 0 Å². The molecule has 0 N–H and O–H groups in total. The molecule has 2 aromatic rings. The minimum Gasteiger partial charge on any atom is -0.318 e. The van der Waals surface area contributed by atoms with Gasteiger partial charge in [-0.15, -0.1) is 0 Å². The van der Waals surface area contributed by atoms with Crippen molar-refractivity contribution in [3.8, 4) is 0 Å². The Morgan fingerprint density at radius 1 is 1.07 bits per heavy atom. The van der Waals surface area contributed by atoms with E-state index in [9.17, 15) is 13.2 Å². The number of carbonyl (C=O) groups is 1. The Labute approximate surface area is 163 Å². The third kappa shape index (κ3) is 4.94. The van der Waals surface area contributed by atoms with Crippen LogP contribution in [0.5, 0.6) is 0 Å². The SMILES string of the molecule is O=C(ON=Cc1ccccc1)C1CCN(S(=O)(=O)c2ccc(Cl)cc2)CC1. The summed E-state index contributed by atoms with van der Waals surface area (Å²) in [5.74, 6) is -0.805. The van der Waals surface area contributed by atoms with Gasteiger partial charge in [-0.25, -0.2) is 13.2 Å². The van der Waals surface area contributed by atoms with Gasteiger partial charge in [-0.1, -0.05) is 47.1 Å². The number of hydrogen-bond donors (Lipinski definition) is 0. The van der Waals surface area contributed by atoms with Crippen LogP contribution in [0.25, 0.3) is 0 Å². The zero-order chi connectivity index (χ0) is 19.3. The van der Waals surface area contributed by atoms with Crippen molar-refractivity contribution in [2.24, 2.45) is 11.1 Å². The van der Waals surface area contributed by atoms with Crippen LogP contribution in [0.15, 0.2) is 64.6 Å². The average molecular weight is 407 g/mol. The van der Waals surface area contributed by atoms with Crippen LogP contribution in [0.1, 0.15) is 18.4 Å². The summed E-state index contributed by atoms with van der Waals surface area (Å²) >= 11 is 5.81. The van der Waals surface area contributed by atoms with Crippen molar-refractivity contribution in [3.63, 3.8) is 0 Å². The van der Waals surface area contributed by atoms with Gasteiger partial charge in [0.2, 0.25) is 10.0 Å². The highest BCUT2D eigenvalue weighted by molar-refractivity contribution is 7.89. The third-order valence-electron chi connectivity index (χ3n) is 4.38. The van der Waals surface area contributed by atoms with E-state index in [-0.39, 0.29) is 23.9 Å². The van der Waals surface area contributed by atoms with E-state index in [1.54, 1.807) is 12.1 Å². The summed E-state index contributed by atoms with van der Waals surface area (Å²) in [6, 6.07) is 15.4. The summed E-state index contributed by atoms with van der Waals surface area (Å²) < 4.78 is 26.7. The number of hydrogen-bond acceptors (Lipinski definition) is 5. The van der Waals surface area contributed by atoms with E-state index in [1.807, 2.05) is 30.3 Å². The fourth-order valence-electron chi connectivity index (χ4n) is 2.84. The lowest BCUT2D eigenvalue weighted by atomic mass is 9.99. The monoisotopic (exact) mass is 406 g/mol. The molecule has 8 heteroatoms. The molecule has 0 unspecified atom stereocenters. The molecular formula is C19H19ClN2O4S. The van der Waals surface area contributed by atoms with Crippen molar-refractivity contribution in [3.05, 3.63) is 65.2 Å². The number of piperidine rings is 1. The summed E-state index contributed by atoms with van der Waals surface area (Å²) in [7, 11) is -3.59. The number of benzene rings is 2. The number of oxime groups is 1. The van der Waals surface area contributed by atoms with Crippen molar-refractivity contribution in [2.45, 2.75) is 17.7 Å². The quantitative estimate of drug-likeness (QED) is 0.433. The predicted molar refractivity (Wildman–Crippen MR) is 103 cm³/mol. The van der Waals surface area contributed by atoms with Crippen LogP contribution < -0.4 is 0 Å². The van der Waals surface area contributed by atoms with Gasteiger partial charge < -0.3 is 4.84 Å². The van der Waals surface area contributed by atoms with Crippen molar-refractivity contribution in [1.82, 2.24) is 4.31 Å². The van der Waals surface area contributed by atoms with Crippen LogP contribution in [-0.4, -0.2) is 38.0 Å². The first-order valence-corrected chi connectivity index (χ1v) is 10.3. The Hall–Kier alpha value is -2.22. The standard InChI is InChI=1S/C19H19ClN2O4S/c20-17-6-8-18(9-7-17)27(24,25)22-12-10-16(11-13-22)19(23)26-21-14-15-4-2-1-3-5-15/h1-9,14,16H,10-13H2. The molecule has 1 aliphatic rings. The zero-order valence-corrected chi connectivity index (χ0v) is 16.1. The first-order valence-electron chi connectivity index (χ1n) is 8.52. The molecule has 0 bridgehead atoms. The highest BCUT2D eigenvalue weighted by Crippen LogP contribution is 2.25. The van der Waals surface area contributed by atoms with Gasteiger partial charge in [0.05, 0.1) is 17.0 Å². The summed E-state index contributed by atoms with van der Waals surface area (Å²) in [6.45, 7) is 0.514. The summed E-state index contributed by atoms with van der Waals surface area (Å²) in [4.78, 5) is 17.3. The van der Waals surface area contributed by atoms with Crippen LogP contribution in [0.3, 0.4) is 0 Å². The molecule has 0 radical (unpaired) electrons. The first-order chi connectivity index (χ1) is 13.0. The van der Waals surface area contributed by atoms with Gasteiger partial charge in [-0.3, -0.25) is 0 Å². The summed E-state index contributed by atoms with van der Waals surface area (Å²) in [6.07, 6.45) is 2.26. The molecule has 2 aromatic carbocycles. The van der Waals surface area contributed by atoms with Gasteiger partial charge in [-0.2, -0.15) is 4.31 Å². The topological polar surface area (TPSA) is 76.0 Å². The molecule has 0 saturated carbocycles. The molecule has 1 fully saturated rings. The second-order valence-corrected chi connectivity index (χ2v) is 8.56. The summed E-state index contributed by atoms with van der Waals surface area (Å²) in [5, 5.41) is 4.20. The fraction of sp³-hybridized carbons (Fsp3) is 0.263. The van der Waals surface area contributed by atoms with E-state index in [4.69, 9.17) is 16.4 Å². The summed E-state index contributed by atoms with van der Waals surface area (Å²) in [5.41, 5.74) is 0.828. The lowest BCUT2D eigenvalue weighted by Gasteiger charge is -2.29. The Morgan fingerprint density at radius 2 is 1.70 bits per heavy atom. The molecule has 27 heavy (non-hydrogen) atoms. The van der Waals surface area contributed by atoms with Crippen molar-refractivity contribution < 1.29 is 18.0 Å². The van der Waals surface area contributed by atoms with E-state index >= 15 is 0 Å². The van der Waals surface area contributed by atoms with Gasteiger partial charge in [-0.05, 0) is 42.7 Å². The molecule has 0 spiro atoms. The number of sulfonamides is 1. The lowest BCUT2D eigenvalue weighted by molar-refractivity contribution is -0.149. The minimum atomic E-state index is -3.59. The van der Waals surface area contributed by atoms with Gasteiger partial charge in [0.1, 0.15) is 0 Å². The molecule has 142 valence electrons. The highest BCUT2D eigenvalue weighted by Gasteiger charge is 2.33. The van der Waals surface area contributed by atoms with Crippen LogP contribution in [0.2, 0.25) is 5.02 Å². The van der Waals surface area contributed by atoms with Gasteiger partial charge in [0, 0.05) is 18.1 Å². The van der Waals surface area contributed by atoms with E-state index in [2.05, 4.69) is 5.16 Å².